The average molecular weight is 268 g/mol. The van der Waals surface area contributed by atoms with Gasteiger partial charge in [-0.05, 0) is 32.9 Å². The van der Waals surface area contributed by atoms with E-state index in [0.717, 1.165) is 0 Å². The Bertz CT molecular complexity index is 354. The number of ether oxygens (including phenoxy) is 1. The molecule has 0 aliphatic rings. The lowest BCUT2D eigenvalue weighted by atomic mass is 10.4. The molecule has 0 amide bonds. The van der Waals surface area contributed by atoms with Crippen LogP contribution in [0.2, 0.25) is 0 Å². The molecule has 99 valence electrons. The molecule has 0 fully saturated rings. The van der Waals surface area contributed by atoms with Gasteiger partial charge in [0.2, 0.25) is 0 Å². The summed E-state index contributed by atoms with van der Waals surface area (Å²) in [5.41, 5.74) is -0.0943. The maximum atomic E-state index is 11.8. The van der Waals surface area contributed by atoms with Gasteiger partial charge >= 0.3 is 15.3 Å². The number of carbonyl (C=O) groups excluding carboxylic acids is 1. The molecule has 1 atom stereocenters. The third-order valence-electron chi connectivity index (χ3n) is 2.06. The molecule has 0 spiro atoms. The van der Waals surface area contributed by atoms with Crippen LogP contribution in [0.15, 0.2) is 24.4 Å². The maximum absolute atomic E-state index is 11.8. The van der Waals surface area contributed by atoms with Gasteiger partial charge in [0, 0.05) is 19.4 Å². The maximum Gasteiger partial charge on any atom is 0.429 e. The molecule has 0 aliphatic carbocycles. The highest BCUT2D eigenvalue weighted by Crippen LogP contribution is 2.06. The number of esters is 1. The van der Waals surface area contributed by atoms with E-state index >= 15 is 0 Å². The Balaban J connectivity index is 2.57. The van der Waals surface area contributed by atoms with Crippen LogP contribution in [0.1, 0.15) is 31.3 Å². The summed E-state index contributed by atoms with van der Waals surface area (Å²) in [6, 6.07) is 5.10. The van der Waals surface area contributed by atoms with Gasteiger partial charge in [-0.25, -0.2) is 9.78 Å². The highest BCUT2D eigenvalue weighted by molar-refractivity contribution is 6.46. The monoisotopic (exact) mass is 268 g/mol. The molecule has 0 aliphatic heterocycles. The summed E-state index contributed by atoms with van der Waals surface area (Å²) in [5, 5.41) is 0. The topological polar surface area (TPSA) is 57.7 Å². The normalized spacial score (nSPS) is 12.4. The molecule has 1 aromatic heterocycles. The third kappa shape index (κ3) is 4.56. The third-order valence-corrected chi connectivity index (χ3v) is 3.99. The highest BCUT2D eigenvalue weighted by Gasteiger charge is 2.28. The predicted molar refractivity (Wildman–Crippen MR) is 68.1 cm³/mol. The molecular formula is C12H18NO4Si. The molecule has 0 bridgehead atoms. The molecule has 1 unspecified atom stereocenters. The highest BCUT2D eigenvalue weighted by atomic mass is 28.3. The summed E-state index contributed by atoms with van der Waals surface area (Å²) in [6.07, 6.45) is 1.55. The van der Waals surface area contributed by atoms with Crippen molar-refractivity contribution in [3.63, 3.8) is 0 Å². The number of hydrogen-bond donors (Lipinski definition) is 0. The molecule has 0 saturated heterocycles. The Kier molecular flexibility index (Phi) is 6.56. The first-order valence-electron chi connectivity index (χ1n) is 5.93. The van der Waals surface area contributed by atoms with Crippen LogP contribution in [-0.2, 0) is 13.6 Å². The van der Waals surface area contributed by atoms with Gasteiger partial charge in [-0.1, -0.05) is 6.07 Å². The molecule has 6 heteroatoms. The Morgan fingerprint density at radius 1 is 1.33 bits per heavy atom. The Morgan fingerprint density at radius 3 is 2.50 bits per heavy atom. The van der Waals surface area contributed by atoms with Gasteiger partial charge in [0.1, 0.15) is 11.4 Å². The molecule has 18 heavy (non-hydrogen) atoms. The zero-order valence-electron chi connectivity index (χ0n) is 10.9. The second-order valence-electron chi connectivity index (χ2n) is 3.45. The van der Waals surface area contributed by atoms with Crippen LogP contribution >= 0.6 is 0 Å². The summed E-state index contributed by atoms with van der Waals surface area (Å²) in [4.78, 5) is 15.7. The van der Waals surface area contributed by atoms with Crippen LogP contribution in [0.3, 0.4) is 0 Å². The van der Waals surface area contributed by atoms with E-state index in [1.54, 1.807) is 31.3 Å². The van der Waals surface area contributed by atoms with Crippen LogP contribution in [0.5, 0.6) is 0 Å². The Morgan fingerprint density at radius 2 is 2.00 bits per heavy atom. The van der Waals surface area contributed by atoms with Gasteiger partial charge in [-0.3, -0.25) is 0 Å². The molecule has 5 nitrogen and oxygen atoms in total. The lowest BCUT2D eigenvalue weighted by molar-refractivity contribution is 0.0367. The fourth-order valence-corrected chi connectivity index (χ4v) is 2.64. The largest absolute Gasteiger partial charge is 0.456 e. The van der Waals surface area contributed by atoms with Crippen molar-refractivity contribution in [1.29, 1.82) is 0 Å². The minimum Gasteiger partial charge on any atom is -0.456 e. The van der Waals surface area contributed by atoms with E-state index in [9.17, 15) is 4.79 Å². The molecule has 1 rings (SSSR count). The number of aromatic nitrogens is 1. The minimum absolute atomic E-state index is 0.290. The fraction of sp³-hybridized carbons (Fsp3) is 0.500. The van der Waals surface area contributed by atoms with Crippen molar-refractivity contribution in [3.8, 4) is 0 Å². The molecule has 1 aromatic rings. The quantitative estimate of drug-likeness (QED) is 0.557. The lowest BCUT2D eigenvalue weighted by Gasteiger charge is -2.19. The van der Waals surface area contributed by atoms with Crippen LogP contribution in [-0.4, -0.2) is 39.2 Å². The minimum atomic E-state index is -1.60. The first-order valence-corrected chi connectivity index (χ1v) is 7.32. The Hall–Kier alpha value is -1.24. The first kappa shape index (κ1) is 14.8. The van der Waals surface area contributed by atoms with Crippen molar-refractivity contribution in [2.24, 2.45) is 0 Å². The number of carbonyl (C=O) groups is 1. The van der Waals surface area contributed by atoms with Gasteiger partial charge in [0.25, 0.3) is 0 Å². The second-order valence-corrected chi connectivity index (χ2v) is 5.48. The number of hydrogen-bond acceptors (Lipinski definition) is 5. The molecule has 0 aromatic carbocycles. The van der Waals surface area contributed by atoms with E-state index in [1.165, 1.54) is 0 Å². The molecule has 0 N–H and O–H groups in total. The summed E-state index contributed by atoms with van der Waals surface area (Å²) in [7, 11) is -1.60. The molecular weight excluding hydrogens is 250 g/mol. The SMILES string of the molecule is CCO[Si](OCC)C(C)OC(=O)c1ccccn1. The smallest absolute Gasteiger partial charge is 0.429 e. The van der Waals surface area contributed by atoms with E-state index in [0.29, 0.717) is 18.9 Å². The molecule has 0 saturated carbocycles. The fourth-order valence-electron chi connectivity index (χ4n) is 1.31. The average Bonchev–Trinajstić information content (AvgIpc) is 2.39. The zero-order chi connectivity index (χ0) is 13.4. The van der Waals surface area contributed by atoms with Gasteiger partial charge in [-0.15, -0.1) is 0 Å². The number of rotatable bonds is 7. The Labute approximate surface area is 109 Å². The van der Waals surface area contributed by atoms with Crippen molar-refractivity contribution in [3.05, 3.63) is 30.1 Å². The van der Waals surface area contributed by atoms with E-state index < -0.39 is 15.3 Å². The zero-order valence-corrected chi connectivity index (χ0v) is 11.9. The van der Waals surface area contributed by atoms with Crippen molar-refractivity contribution in [2.45, 2.75) is 26.5 Å². The van der Waals surface area contributed by atoms with E-state index in [-0.39, 0.29) is 5.73 Å². The summed E-state index contributed by atoms with van der Waals surface area (Å²) >= 11 is 0. The van der Waals surface area contributed by atoms with E-state index in [2.05, 4.69) is 4.98 Å². The number of nitrogens with zero attached hydrogens (tertiary/aromatic N) is 1. The van der Waals surface area contributed by atoms with Gasteiger partial charge < -0.3 is 13.6 Å². The van der Waals surface area contributed by atoms with Crippen molar-refractivity contribution >= 4 is 15.3 Å². The molecule has 1 heterocycles. The predicted octanol–water partition coefficient (Wildman–Crippen LogP) is 1.73. The van der Waals surface area contributed by atoms with Crippen molar-refractivity contribution < 1.29 is 18.4 Å². The van der Waals surface area contributed by atoms with Crippen molar-refractivity contribution in [1.82, 2.24) is 4.98 Å². The lowest BCUT2D eigenvalue weighted by Crippen LogP contribution is -2.38. The van der Waals surface area contributed by atoms with Gasteiger partial charge in [0.05, 0.1) is 0 Å². The summed E-state index contributed by atoms with van der Waals surface area (Å²) < 4.78 is 16.2. The van der Waals surface area contributed by atoms with Crippen LogP contribution < -0.4 is 0 Å². The van der Waals surface area contributed by atoms with Crippen LogP contribution in [0, 0.1) is 0 Å². The summed E-state index contributed by atoms with van der Waals surface area (Å²) in [5.74, 6) is -0.454. The first-order chi connectivity index (χ1) is 8.69. The van der Waals surface area contributed by atoms with Gasteiger partial charge in [0.15, 0.2) is 0 Å². The van der Waals surface area contributed by atoms with Crippen molar-refractivity contribution in [2.75, 3.05) is 13.2 Å². The van der Waals surface area contributed by atoms with Crippen LogP contribution in [0.25, 0.3) is 0 Å². The van der Waals surface area contributed by atoms with Gasteiger partial charge in [-0.2, -0.15) is 0 Å². The summed E-state index contributed by atoms with van der Waals surface area (Å²) in [6.45, 7) is 6.63. The molecule has 1 radical (unpaired) electrons. The van der Waals surface area contributed by atoms with Crippen LogP contribution in [0.4, 0.5) is 0 Å². The number of pyridine rings is 1. The second kappa shape index (κ2) is 7.96. The van der Waals surface area contributed by atoms with E-state index in [1.807, 2.05) is 13.8 Å². The van der Waals surface area contributed by atoms with E-state index in [4.69, 9.17) is 13.6 Å². The standard InChI is InChI=1S/C12H18NO4Si/c1-4-15-18(16-5-2)10(3)17-12(14)11-8-6-7-9-13-11/h6-10H,4-5H2,1-3H3.